The smallest absolute Gasteiger partial charge is 1.00 e. The van der Waals surface area contributed by atoms with Crippen LogP contribution in [0.5, 0.6) is 0 Å². The van der Waals surface area contributed by atoms with E-state index in [1.54, 1.807) is 30.3 Å². The molecule has 0 aromatic heterocycles. The van der Waals surface area contributed by atoms with Gasteiger partial charge in [0.1, 0.15) is 0 Å². The van der Waals surface area contributed by atoms with Gasteiger partial charge in [0.15, 0.2) is 5.34 Å². The largest absolute Gasteiger partial charge is 2.00 e. The molecule has 7 heteroatoms. The van der Waals surface area contributed by atoms with Gasteiger partial charge < -0.3 is 14.6 Å². The first kappa shape index (κ1) is 20.4. The summed E-state index contributed by atoms with van der Waals surface area (Å²) in [7, 11) is 0. The van der Waals surface area contributed by atoms with E-state index in [-0.39, 0.29) is 93.4 Å². The Morgan fingerprint density at radius 2 is 1.64 bits per heavy atom. The fourth-order valence-corrected chi connectivity index (χ4v) is 0.581. The Hall–Kier alpha value is 0.986. The summed E-state index contributed by atoms with van der Waals surface area (Å²) in [6.07, 6.45) is 0. The van der Waals surface area contributed by atoms with E-state index in [1.165, 1.54) is 5.34 Å². The summed E-state index contributed by atoms with van der Waals surface area (Å²) in [5.74, 6) is -0.879. The Morgan fingerprint density at radius 3 is 1.86 bits per heavy atom. The SMILES string of the molecule is O=C(O)c1ccccc1.O=NO.[Ca+2].[H-].[H-].[H-].[K+]. The molecule has 0 fully saturated rings. The monoisotopic (exact) mass is 251 g/mol. The van der Waals surface area contributed by atoms with Gasteiger partial charge in [-0.2, -0.15) is 0 Å². The predicted octanol–water partition coefficient (Wildman–Crippen LogP) is -1.51. The van der Waals surface area contributed by atoms with E-state index in [1.807, 2.05) is 0 Å². The van der Waals surface area contributed by atoms with Gasteiger partial charge in [-0.1, -0.05) is 18.2 Å². The Kier molecular flexibility index (Phi) is 20.4. The number of carboxylic acid groups (broad SMARTS) is 1. The van der Waals surface area contributed by atoms with Gasteiger partial charge in [-0.25, -0.2) is 4.79 Å². The molecule has 1 rings (SSSR count). The van der Waals surface area contributed by atoms with Crippen LogP contribution in [0.25, 0.3) is 0 Å². The maximum Gasteiger partial charge on any atom is 2.00 e. The van der Waals surface area contributed by atoms with Crippen molar-refractivity contribution in [3.05, 3.63) is 40.8 Å². The quantitative estimate of drug-likeness (QED) is 0.361. The van der Waals surface area contributed by atoms with Gasteiger partial charge in [0.05, 0.1) is 5.56 Å². The van der Waals surface area contributed by atoms with E-state index >= 15 is 0 Å². The minimum absolute atomic E-state index is 0. The molecule has 5 nitrogen and oxygen atoms in total. The molecule has 0 heterocycles. The van der Waals surface area contributed by atoms with Crippen LogP contribution in [0.3, 0.4) is 0 Å². The summed E-state index contributed by atoms with van der Waals surface area (Å²) in [4.78, 5) is 18.3. The minimum Gasteiger partial charge on any atom is -1.00 e. The van der Waals surface area contributed by atoms with Crippen molar-refractivity contribution in [3.63, 3.8) is 0 Å². The topological polar surface area (TPSA) is 87.0 Å². The molecule has 0 atom stereocenters. The maximum absolute atomic E-state index is 10.2. The molecule has 0 aliphatic rings. The third-order valence-corrected chi connectivity index (χ3v) is 1.02. The van der Waals surface area contributed by atoms with Crippen molar-refractivity contribution < 1.29 is 70.8 Å². The van der Waals surface area contributed by atoms with Crippen molar-refractivity contribution in [2.45, 2.75) is 0 Å². The molecule has 1 aromatic carbocycles. The Bertz CT molecular complexity index is 269. The van der Waals surface area contributed by atoms with E-state index in [9.17, 15) is 4.79 Å². The molecule has 0 aliphatic heterocycles. The van der Waals surface area contributed by atoms with E-state index < -0.39 is 5.97 Å². The van der Waals surface area contributed by atoms with Crippen LogP contribution in [0.2, 0.25) is 0 Å². The predicted molar refractivity (Wildman–Crippen MR) is 50.1 cm³/mol. The number of nitrogens with zero attached hydrogens (tertiary/aromatic N) is 1. The molecule has 0 saturated carbocycles. The van der Waals surface area contributed by atoms with Crippen LogP contribution >= 0.6 is 0 Å². The molecular formula is C7H10CaKNO4. The Labute approximate surface area is 158 Å². The molecule has 70 valence electrons. The number of hydrogen-bond donors (Lipinski definition) is 2. The molecule has 0 spiro atoms. The first-order chi connectivity index (χ1) is 5.72. The van der Waals surface area contributed by atoms with E-state index in [0.29, 0.717) is 5.56 Å². The molecule has 14 heavy (non-hydrogen) atoms. The van der Waals surface area contributed by atoms with Gasteiger partial charge in [-0.05, 0) is 12.1 Å². The second-order valence-corrected chi connectivity index (χ2v) is 1.75. The zero-order chi connectivity index (χ0) is 9.40. The second kappa shape index (κ2) is 14.0. The third kappa shape index (κ3) is 11.1. The zero-order valence-corrected chi connectivity index (χ0v) is 13.1. The normalized spacial score (nSPS) is 6.57. The number of aromatic carboxylic acids is 1. The Balaban J connectivity index is -0.0000000349. The van der Waals surface area contributed by atoms with Crippen molar-refractivity contribution >= 4 is 43.7 Å². The van der Waals surface area contributed by atoms with Crippen LogP contribution in [0.1, 0.15) is 14.6 Å². The van der Waals surface area contributed by atoms with Crippen molar-refractivity contribution in [1.29, 1.82) is 0 Å². The summed E-state index contributed by atoms with van der Waals surface area (Å²) >= 11 is 0. The van der Waals surface area contributed by atoms with Crippen LogP contribution in [0, 0.1) is 4.91 Å². The molecule has 0 unspecified atom stereocenters. The number of carbonyl (C=O) groups is 1. The molecule has 0 saturated heterocycles. The molecular weight excluding hydrogens is 241 g/mol. The second-order valence-electron chi connectivity index (χ2n) is 1.75. The van der Waals surface area contributed by atoms with Crippen molar-refractivity contribution in [2.75, 3.05) is 0 Å². The number of carboxylic acids is 1. The zero-order valence-electron chi connectivity index (χ0n) is 10.8. The average Bonchev–Trinajstić information content (AvgIpc) is 2.07. The average molecular weight is 251 g/mol. The Morgan fingerprint density at radius 1 is 1.29 bits per heavy atom. The summed E-state index contributed by atoms with van der Waals surface area (Å²) in [5.41, 5.74) is 0.331. The van der Waals surface area contributed by atoms with Crippen molar-refractivity contribution in [3.8, 4) is 0 Å². The van der Waals surface area contributed by atoms with Gasteiger partial charge in [-0.3, -0.25) is 0 Å². The molecule has 0 aliphatic carbocycles. The van der Waals surface area contributed by atoms with Gasteiger partial charge >= 0.3 is 95.1 Å². The first-order valence-electron chi connectivity index (χ1n) is 2.97. The first-order valence-corrected chi connectivity index (χ1v) is 2.97. The molecule has 0 amide bonds. The van der Waals surface area contributed by atoms with Gasteiger partial charge in [0.25, 0.3) is 0 Å². The molecule has 1 aromatic rings. The fraction of sp³-hybridized carbons (Fsp3) is 0. The van der Waals surface area contributed by atoms with Gasteiger partial charge in [0.2, 0.25) is 0 Å². The molecule has 0 bridgehead atoms. The van der Waals surface area contributed by atoms with Crippen molar-refractivity contribution in [2.24, 2.45) is 5.34 Å². The van der Waals surface area contributed by atoms with Crippen LogP contribution < -0.4 is 51.4 Å². The summed E-state index contributed by atoms with van der Waals surface area (Å²) in [5, 5.41) is 16.3. The van der Waals surface area contributed by atoms with Gasteiger partial charge in [-0.15, -0.1) is 4.91 Å². The molecule has 0 radical (unpaired) electrons. The number of hydrogen-bond acceptors (Lipinski definition) is 3. The van der Waals surface area contributed by atoms with Crippen LogP contribution in [-0.2, 0) is 0 Å². The summed E-state index contributed by atoms with van der Waals surface area (Å²) in [6.45, 7) is 0. The fourth-order valence-electron chi connectivity index (χ4n) is 0.581. The number of rotatable bonds is 1. The van der Waals surface area contributed by atoms with E-state index in [2.05, 4.69) is 0 Å². The van der Waals surface area contributed by atoms with Crippen LogP contribution in [-0.4, -0.2) is 54.0 Å². The molecule has 2 N–H and O–H groups in total. The summed E-state index contributed by atoms with van der Waals surface area (Å²) < 4.78 is 0. The van der Waals surface area contributed by atoms with Crippen molar-refractivity contribution in [1.82, 2.24) is 0 Å². The van der Waals surface area contributed by atoms with Gasteiger partial charge in [0, 0.05) is 0 Å². The van der Waals surface area contributed by atoms with E-state index in [4.69, 9.17) is 15.2 Å². The maximum atomic E-state index is 10.2. The minimum atomic E-state index is -0.879. The van der Waals surface area contributed by atoms with Crippen LogP contribution in [0.4, 0.5) is 0 Å². The van der Waals surface area contributed by atoms with Crippen LogP contribution in [0.15, 0.2) is 35.7 Å². The number of benzene rings is 1. The standard InChI is InChI=1S/C7H6O2.Ca.K.HNO2.3H/c8-7(9)6-4-2-1-3-5-6;;;2-1-3;;;/h1-5H,(H,8,9);;;(H,2,3);;;/q;+2;+1;;3*-1. The van der Waals surface area contributed by atoms with E-state index in [0.717, 1.165) is 0 Å². The summed E-state index contributed by atoms with van der Waals surface area (Å²) in [6, 6.07) is 8.30. The third-order valence-electron chi connectivity index (χ3n) is 1.02.